The Hall–Kier alpha value is -2.15. The van der Waals surface area contributed by atoms with Crippen molar-refractivity contribution >= 4 is 17.3 Å². The van der Waals surface area contributed by atoms with Crippen molar-refractivity contribution in [1.29, 1.82) is 0 Å². The summed E-state index contributed by atoms with van der Waals surface area (Å²) < 4.78 is 0. The molecule has 0 aliphatic rings. The summed E-state index contributed by atoms with van der Waals surface area (Å²) in [6.45, 7) is 4.17. The number of aromatic carboxylic acids is 1. The lowest BCUT2D eigenvalue weighted by Crippen LogP contribution is -2.28. The van der Waals surface area contributed by atoms with Gasteiger partial charge in [-0.25, -0.2) is 4.79 Å². The van der Waals surface area contributed by atoms with E-state index in [4.69, 9.17) is 0 Å². The number of nitro benzene ring substituents is 1. The van der Waals surface area contributed by atoms with Gasteiger partial charge >= 0.3 is 5.97 Å². The average molecular weight is 295 g/mol. The summed E-state index contributed by atoms with van der Waals surface area (Å²) in [4.78, 5) is 25.5. The first kappa shape index (κ1) is 16.9. The van der Waals surface area contributed by atoms with Crippen molar-refractivity contribution < 1.29 is 14.8 Å². The number of hydrogen-bond acceptors (Lipinski definition) is 5. The predicted molar refractivity (Wildman–Crippen MR) is 81.1 cm³/mol. The molecule has 0 saturated carbocycles. The molecule has 0 fully saturated rings. The smallest absolute Gasteiger partial charge is 0.338 e. The van der Waals surface area contributed by atoms with E-state index < -0.39 is 10.9 Å². The van der Waals surface area contributed by atoms with E-state index in [1.807, 2.05) is 25.9 Å². The van der Waals surface area contributed by atoms with Gasteiger partial charge in [-0.05, 0) is 40.1 Å². The van der Waals surface area contributed by atoms with Gasteiger partial charge in [0.15, 0.2) is 0 Å². The zero-order valence-electron chi connectivity index (χ0n) is 12.6. The highest BCUT2D eigenvalue weighted by Crippen LogP contribution is 2.25. The summed E-state index contributed by atoms with van der Waals surface area (Å²) in [5, 5.41) is 20.0. The SMILES string of the molecule is CCN(CCCN(C)C)c1ccc([N+](=O)[O-])cc1C(=O)O. The number of nitrogens with zero attached hydrogens (tertiary/aromatic N) is 3. The largest absolute Gasteiger partial charge is 0.478 e. The number of benzene rings is 1. The first-order valence-electron chi connectivity index (χ1n) is 6.78. The van der Waals surface area contributed by atoms with Crippen LogP contribution in [0.5, 0.6) is 0 Å². The average Bonchev–Trinajstić information content (AvgIpc) is 2.42. The maximum atomic E-state index is 11.3. The van der Waals surface area contributed by atoms with Crippen molar-refractivity contribution in [3.63, 3.8) is 0 Å². The molecule has 0 saturated heterocycles. The second-order valence-electron chi connectivity index (χ2n) is 5.00. The normalized spacial score (nSPS) is 10.7. The van der Waals surface area contributed by atoms with Crippen LogP contribution >= 0.6 is 0 Å². The van der Waals surface area contributed by atoms with E-state index in [0.717, 1.165) is 19.0 Å². The van der Waals surface area contributed by atoms with Gasteiger partial charge in [0.1, 0.15) is 0 Å². The van der Waals surface area contributed by atoms with Crippen LogP contribution in [0.1, 0.15) is 23.7 Å². The van der Waals surface area contributed by atoms with Gasteiger partial charge < -0.3 is 14.9 Å². The third kappa shape index (κ3) is 4.71. The lowest BCUT2D eigenvalue weighted by atomic mass is 10.1. The van der Waals surface area contributed by atoms with Gasteiger partial charge in [0.25, 0.3) is 5.69 Å². The number of non-ortho nitro benzene ring substituents is 1. The van der Waals surface area contributed by atoms with Crippen LogP contribution in [0.15, 0.2) is 18.2 Å². The second-order valence-corrected chi connectivity index (χ2v) is 5.00. The van der Waals surface area contributed by atoms with Crippen molar-refractivity contribution in [2.45, 2.75) is 13.3 Å². The van der Waals surface area contributed by atoms with Crippen LogP contribution in [0.3, 0.4) is 0 Å². The molecule has 1 aromatic carbocycles. The van der Waals surface area contributed by atoms with Gasteiger partial charge in [0.05, 0.1) is 16.2 Å². The molecule has 7 nitrogen and oxygen atoms in total. The molecule has 0 unspecified atom stereocenters. The van der Waals surface area contributed by atoms with E-state index in [-0.39, 0.29) is 11.3 Å². The van der Waals surface area contributed by atoms with Crippen molar-refractivity contribution in [2.24, 2.45) is 0 Å². The van der Waals surface area contributed by atoms with Crippen LogP contribution in [0, 0.1) is 10.1 Å². The van der Waals surface area contributed by atoms with E-state index in [0.29, 0.717) is 18.8 Å². The number of rotatable bonds is 8. The van der Waals surface area contributed by atoms with Gasteiger partial charge in [-0.3, -0.25) is 10.1 Å². The highest BCUT2D eigenvalue weighted by molar-refractivity contribution is 5.95. The maximum absolute atomic E-state index is 11.3. The molecule has 0 heterocycles. The fraction of sp³-hybridized carbons (Fsp3) is 0.500. The Balaban J connectivity index is 3.02. The zero-order chi connectivity index (χ0) is 16.0. The third-order valence-electron chi connectivity index (χ3n) is 3.18. The Labute approximate surface area is 123 Å². The number of hydrogen-bond donors (Lipinski definition) is 1. The molecule has 0 amide bonds. The van der Waals surface area contributed by atoms with Gasteiger partial charge in [-0.15, -0.1) is 0 Å². The first-order valence-corrected chi connectivity index (χ1v) is 6.78. The summed E-state index contributed by atoms with van der Waals surface area (Å²) in [6, 6.07) is 3.98. The fourth-order valence-electron chi connectivity index (χ4n) is 2.11. The van der Waals surface area contributed by atoms with E-state index in [1.54, 1.807) is 0 Å². The Morgan fingerprint density at radius 3 is 2.48 bits per heavy atom. The van der Waals surface area contributed by atoms with Crippen molar-refractivity contribution in [1.82, 2.24) is 4.90 Å². The van der Waals surface area contributed by atoms with Crippen molar-refractivity contribution in [3.8, 4) is 0 Å². The molecule has 116 valence electrons. The van der Waals surface area contributed by atoms with Crippen LogP contribution in [0.25, 0.3) is 0 Å². The number of carboxylic acids is 1. The highest BCUT2D eigenvalue weighted by Gasteiger charge is 2.19. The predicted octanol–water partition coefficient (Wildman–Crippen LogP) is 2.07. The number of carbonyl (C=O) groups is 1. The summed E-state index contributed by atoms with van der Waals surface area (Å²) in [6.07, 6.45) is 0.886. The molecule has 0 bridgehead atoms. The van der Waals surface area contributed by atoms with Gasteiger partial charge in [-0.1, -0.05) is 0 Å². The van der Waals surface area contributed by atoms with Crippen LogP contribution < -0.4 is 4.90 Å². The molecule has 0 atom stereocenters. The summed E-state index contributed by atoms with van der Waals surface area (Å²) in [7, 11) is 3.95. The standard InChI is InChI=1S/C14H21N3O4/c1-4-16(9-5-8-15(2)3)13-7-6-11(17(20)21)10-12(13)14(18)19/h6-7,10H,4-5,8-9H2,1-3H3,(H,18,19). The molecule has 0 aliphatic carbocycles. The molecule has 0 spiro atoms. The number of carboxylic acid groups (broad SMARTS) is 1. The lowest BCUT2D eigenvalue weighted by molar-refractivity contribution is -0.384. The molecule has 1 aromatic rings. The van der Waals surface area contributed by atoms with Crippen LogP contribution in [0.4, 0.5) is 11.4 Å². The summed E-state index contributed by atoms with van der Waals surface area (Å²) in [5.74, 6) is -1.15. The minimum absolute atomic E-state index is 0.0316. The first-order chi connectivity index (χ1) is 9.86. The van der Waals surface area contributed by atoms with Gasteiger partial charge in [-0.2, -0.15) is 0 Å². The Kier molecular flexibility index (Phi) is 6.10. The molecular formula is C14H21N3O4. The molecular weight excluding hydrogens is 274 g/mol. The highest BCUT2D eigenvalue weighted by atomic mass is 16.6. The van der Waals surface area contributed by atoms with E-state index >= 15 is 0 Å². The Morgan fingerprint density at radius 2 is 2.00 bits per heavy atom. The summed E-state index contributed by atoms with van der Waals surface area (Å²) in [5.41, 5.74) is 0.283. The number of anilines is 1. The van der Waals surface area contributed by atoms with E-state index in [1.165, 1.54) is 12.1 Å². The lowest BCUT2D eigenvalue weighted by Gasteiger charge is -2.25. The van der Waals surface area contributed by atoms with Gasteiger partial charge in [0, 0.05) is 25.2 Å². The third-order valence-corrected chi connectivity index (χ3v) is 3.18. The molecule has 7 heteroatoms. The van der Waals surface area contributed by atoms with Crippen molar-refractivity contribution in [3.05, 3.63) is 33.9 Å². The van der Waals surface area contributed by atoms with E-state index in [9.17, 15) is 20.0 Å². The molecule has 21 heavy (non-hydrogen) atoms. The van der Waals surface area contributed by atoms with Crippen LogP contribution in [-0.2, 0) is 0 Å². The topological polar surface area (TPSA) is 86.9 Å². The minimum Gasteiger partial charge on any atom is -0.478 e. The Bertz CT molecular complexity index is 517. The fourth-order valence-corrected chi connectivity index (χ4v) is 2.11. The Morgan fingerprint density at radius 1 is 1.33 bits per heavy atom. The van der Waals surface area contributed by atoms with E-state index in [2.05, 4.69) is 4.90 Å². The zero-order valence-corrected chi connectivity index (χ0v) is 12.6. The minimum atomic E-state index is -1.15. The second kappa shape index (κ2) is 7.58. The molecule has 1 rings (SSSR count). The molecule has 0 aromatic heterocycles. The van der Waals surface area contributed by atoms with Crippen LogP contribution in [0.2, 0.25) is 0 Å². The molecule has 0 aliphatic heterocycles. The number of nitro groups is 1. The van der Waals surface area contributed by atoms with Crippen molar-refractivity contribution in [2.75, 3.05) is 38.6 Å². The monoisotopic (exact) mass is 295 g/mol. The quantitative estimate of drug-likeness (QED) is 0.583. The summed E-state index contributed by atoms with van der Waals surface area (Å²) >= 11 is 0. The maximum Gasteiger partial charge on any atom is 0.338 e. The van der Waals surface area contributed by atoms with Gasteiger partial charge in [0.2, 0.25) is 0 Å². The molecule has 1 N–H and O–H groups in total. The van der Waals surface area contributed by atoms with Crippen LogP contribution in [-0.4, -0.2) is 54.6 Å². The molecule has 0 radical (unpaired) electrons.